The second-order valence-corrected chi connectivity index (χ2v) is 6.41. The molecule has 1 atom stereocenters. The SMILES string of the molecule is C[C@H](N)c1c(F)cccc1Sc1nnc2n1CCCCC2. The number of rotatable bonds is 3. The third-order valence-electron chi connectivity index (χ3n) is 3.75. The minimum absolute atomic E-state index is 0.259. The fourth-order valence-corrected chi connectivity index (χ4v) is 3.81. The van der Waals surface area contributed by atoms with E-state index in [1.165, 1.54) is 24.2 Å². The Morgan fingerprint density at radius 3 is 2.95 bits per heavy atom. The number of hydrogen-bond donors (Lipinski definition) is 1. The molecule has 0 saturated heterocycles. The minimum atomic E-state index is -0.347. The fourth-order valence-electron chi connectivity index (χ4n) is 2.68. The first-order chi connectivity index (χ1) is 10.2. The van der Waals surface area contributed by atoms with Gasteiger partial charge in [0.1, 0.15) is 11.6 Å². The first kappa shape index (κ1) is 14.5. The molecule has 1 aromatic carbocycles. The Kier molecular flexibility index (Phi) is 4.26. The zero-order chi connectivity index (χ0) is 14.8. The van der Waals surface area contributed by atoms with Gasteiger partial charge in [0.15, 0.2) is 5.16 Å². The second kappa shape index (κ2) is 6.15. The number of benzene rings is 1. The molecular formula is C15H19FN4S. The van der Waals surface area contributed by atoms with Crippen molar-refractivity contribution in [3.05, 3.63) is 35.4 Å². The van der Waals surface area contributed by atoms with Gasteiger partial charge in [0.2, 0.25) is 0 Å². The highest BCUT2D eigenvalue weighted by atomic mass is 32.2. The maximum atomic E-state index is 14.0. The molecule has 1 aromatic heterocycles. The van der Waals surface area contributed by atoms with E-state index in [0.717, 1.165) is 41.7 Å². The van der Waals surface area contributed by atoms with Crippen LogP contribution in [0.5, 0.6) is 0 Å². The third kappa shape index (κ3) is 2.96. The summed E-state index contributed by atoms with van der Waals surface area (Å²) >= 11 is 1.46. The van der Waals surface area contributed by atoms with Crippen molar-refractivity contribution >= 4 is 11.8 Å². The van der Waals surface area contributed by atoms with Crippen molar-refractivity contribution in [3.63, 3.8) is 0 Å². The number of aryl methyl sites for hydroxylation is 1. The Morgan fingerprint density at radius 2 is 2.14 bits per heavy atom. The lowest BCUT2D eigenvalue weighted by Gasteiger charge is -2.13. The molecule has 6 heteroatoms. The van der Waals surface area contributed by atoms with Crippen molar-refractivity contribution < 1.29 is 4.39 Å². The van der Waals surface area contributed by atoms with Gasteiger partial charge >= 0.3 is 0 Å². The zero-order valence-electron chi connectivity index (χ0n) is 12.1. The van der Waals surface area contributed by atoms with Crippen LogP contribution in [0, 0.1) is 5.82 Å². The number of halogens is 1. The smallest absolute Gasteiger partial charge is 0.196 e. The van der Waals surface area contributed by atoms with Crippen molar-refractivity contribution in [1.29, 1.82) is 0 Å². The van der Waals surface area contributed by atoms with Gasteiger partial charge in [-0.1, -0.05) is 12.5 Å². The van der Waals surface area contributed by atoms with Crippen molar-refractivity contribution in [3.8, 4) is 0 Å². The highest BCUT2D eigenvalue weighted by Gasteiger charge is 2.19. The van der Waals surface area contributed by atoms with Gasteiger partial charge in [0.25, 0.3) is 0 Å². The molecule has 2 N–H and O–H groups in total. The van der Waals surface area contributed by atoms with Gasteiger partial charge in [0, 0.05) is 29.5 Å². The maximum Gasteiger partial charge on any atom is 0.196 e. The van der Waals surface area contributed by atoms with Gasteiger partial charge in [-0.15, -0.1) is 10.2 Å². The molecule has 2 heterocycles. The molecule has 0 saturated carbocycles. The van der Waals surface area contributed by atoms with Crippen molar-refractivity contribution in [1.82, 2.24) is 14.8 Å². The van der Waals surface area contributed by atoms with Crippen molar-refractivity contribution in [2.45, 2.75) is 55.2 Å². The quantitative estimate of drug-likeness (QED) is 0.945. The van der Waals surface area contributed by atoms with E-state index >= 15 is 0 Å². The summed E-state index contributed by atoms with van der Waals surface area (Å²) < 4.78 is 16.2. The summed E-state index contributed by atoms with van der Waals surface area (Å²) in [6.07, 6.45) is 4.49. The zero-order valence-corrected chi connectivity index (χ0v) is 12.9. The third-order valence-corrected chi connectivity index (χ3v) is 4.81. The van der Waals surface area contributed by atoms with E-state index in [1.807, 2.05) is 6.07 Å². The van der Waals surface area contributed by atoms with Gasteiger partial charge in [-0.25, -0.2) is 4.39 Å². The first-order valence-electron chi connectivity index (χ1n) is 7.30. The van der Waals surface area contributed by atoms with Crippen molar-refractivity contribution in [2.24, 2.45) is 5.73 Å². The number of nitrogens with two attached hydrogens (primary N) is 1. The monoisotopic (exact) mass is 306 g/mol. The fraction of sp³-hybridized carbons (Fsp3) is 0.467. The number of fused-ring (bicyclic) bond motifs is 1. The topological polar surface area (TPSA) is 56.7 Å². The molecule has 0 aliphatic carbocycles. The van der Waals surface area contributed by atoms with Crippen LogP contribution in [0.3, 0.4) is 0 Å². The highest BCUT2D eigenvalue weighted by molar-refractivity contribution is 7.99. The van der Waals surface area contributed by atoms with Crippen LogP contribution in [0.15, 0.2) is 28.3 Å². The summed E-state index contributed by atoms with van der Waals surface area (Å²) in [5, 5.41) is 9.39. The molecule has 0 amide bonds. The molecule has 1 aliphatic heterocycles. The Balaban J connectivity index is 1.95. The molecule has 2 aromatic rings. The highest BCUT2D eigenvalue weighted by Crippen LogP contribution is 2.34. The predicted octanol–water partition coefficient (Wildman–Crippen LogP) is 3.31. The van der Waals surface area contributed by atoms with E-state index in [1.54, 1.807) is 13.0 Å². The molecule has 0 radical (unpaired) electrons. The van der Waals surface area contributed by atoms with Crippen LogP contribution in [0.2, 0.25) is 0 Å². The lowest BCUT2D eigenvalue weighted by molar-refractivity contribution is 0.582. The van der Waals surface area contributed by atoms with Gasteiger partial charge in [-0.3, -0.25) is 0 Å². The molecule has 1 aliphatic rings. The van der Waals surface area contributed by atoms with Gasteiger partial charge < -0.3 is 10.3 Å². The van der Waals surface area contributed by atoms with E-state index in [-0.39, 0.29) is 11.9 Å². The Hall–Kier alpha value is -1.40. The van der Waals surface area contributed by atoms with E-state index < -0.39 is 0 Å². The standard InChI is InChI=1S/C15H19FN4S/c1-10(17)14-11(16)6-5-7-12(14)21-15-19-18-13-8-3-2-4-9-20(13)15/h5-7,10H,2-4,8-9,17H2,1H3/t10-/m0/s1. The maximum absolute atomic E-state index is 14.0. The van der Waals surface area contributed by atoms with E-state index in [9.17, 15) is 4.39 Å². The molecule has 3 rings (SSSR count). The van der Waals surface area contributed by atoms with Gasteiger partial charge in [-0.2, -0.15) is 0 Å². The normalized spacial score (nSPS) is 16.3. The Morgan fingerprint density at radius 1 is 1.29 bits per heavy atom. The Labute approximate surface area is 127 Å². The minimum Gasteiger partial charge on any atom is -0.324 e. The van der Waals surface area contributed by atoms with Crippen LogP contribution in [0.1, 0.15) is 43.6 Å². The number of nitrogens with zero attached hydrogens (tertiary/aromatic N) is 3. The van der Waals surface area contributed by atoms with Crippen LogP contribution < -0.4 is 5.73 Å². The average molecular weight is 306 g/mol. The molecule has 4 nitrogen and oxygen atoms in total. The first-order valence-corrected chi connectivity index (χ1v) is 8.12. The van der Waals surface area contributed by atoms with E-state index in [4.69, 9.17) is 5.73 Å². The number of hydrogen-bond acceptors (Lipinski definition) is 4. The summed E-state index contributed by atoms with van der Waals surface area (Å²) in [4.78, 5) is 0.824. The Bertz CT molecular complexity index is 639. The van der Waals surface area contributed by atoms with E-state index in [0.29, 0.717) is 5.56 Å². The summed E-state index contributed by atoms with van der Waals surface area (Å²) in [5.41, 5.74) is 6.46. The summed E-state index contributed by atoms with van der Waals surface area (Å²) in [6, 6.07) is 4.71. The lowest BCUT2D eigenvalue weighted by Crippen LogP contribution is -2.09. The molecule has 0 spiro atoms. The molecule has 21 heavy (non-hydrogen) atoms. The largest absolute Gasteiger partial charge is 0.324 e. The summed E-state index contributed by atoms with van der Waals surface area (Å²) in [7, 11) is 0. The van der Waals surface area contributed by atoms with Crippen molar-refractivity contribution in [2.75, 3.05) is 0 Å². The van der Waals surface area contributed by atoms with Crippen LogP contribution >= 0.6 is 11.8 Å². The second-order valence-electron chi connectivity index (χ2n) is 5.40. The van der Waals surface area contributed by atoms with Crippen LogP contribution in [0.25, 0.3) is 0 Å². The number of aromatic nitrogens is 3. The lowest BCUT2D eigenvalue weighted by atomic mass is 10.1. The van der Waals surface area contributed by atoms with Crippen LogP contribution in [-0.4, -0.2) is 14.8 Å². The molecule has 0 unspecified atom stereocenters. The summed E-state index contributed by atoms with van der Waals surface area (Å²) in [5.74, 6) is 0.777. The average Bonchev–Trinajstić information content (AvgIpc) is 2.68. The van der Waals surface area contributed by atoms with Crippen LogP contribution in [-0.2, 0) is 13.0 Å². The molecule has 0 fully saturated rings. The summed E-state index contributed by atoms with van der Waals surface area (Å²) in [6.45, 7) is 2.74. The molecule has 0 bridgehead atoms. The molecule has 112 valence electrons. The van der Waals surface area contributed by atoms with Crippen LogP contribution in [0.4, 0.5) is 4.39 Å². The predicted molar refractivity (Wildman–Crippen MR) is 80.7 cm³/mol. The van der Waals surface area contributed by atoms with Gasteiger partial charge in [-0.05, 0) is 43.7 Å². The van der Waals surface area contributed by atoms with Gasteiger partial charge in [0.05, 0.1) is 0 Å². The molecular weight excluding hydrogens is 287 g/mol. The van der Waals surface area contributed by atoms with E-state index in [2.05, 4.69) is 14.8 Å².